The summed E-state index contributed by atoms with van der Waals surface area (Å²) < 4.78 is 58.2. The van der Waals surface area contributed by atoms with Gasteiger partial charge in [-0.05, 0) is 50.8 Å². The summed E-state index contributed by atoms with van der Waals surface area (Å²) in [5.41, 5.74) is 0.964. The Morgan fingerprint density at radius 1 is 1.22 bits per heavy atom. The molecule has 0 saturated heterocycles. The molecule has 1 aliphatic rings. The summed E-state index contributed by atoms with van der Waals surface area (Å²) in [6.07, 6.45) is -3.97. The minimum atomic E-state index is -4.35. The Kier molecular flexibility index (Phi) is 7.53. The lowest BCUT2D eigenvalue weighted by Gasteiger charge is -2.32. The lowest BCUT2D eigenvalue weighted by molar-refractivity contribution is -0.186. The van der Waals surface area contributed by atoms with Crippen molar-refractivity contribution in [2.45, 2.75) is 52.3 Å². The molecule has 0 spiro atoms. The second kappa shape index (κ2) is 9.97. The Hall–Kier alpha value is -2.49. The molecule has 174 valence electrons. The molecule has 2 atom stereocenters. The molecule has 1 fully saturated rings. The standard InChI is InChI=1S/C22H24F4N2O3S/c1-3-31-20(30)18-13(2)27-21(32-18)28(12-14-7-9-17(23)10-8-14)19(29)15-5-4-6-16(11-15)22(24,25)26/h7-10,15-16H,3-6,11-12H2,1-2H3. The molecule has 10 heteroatoms. The highest BCUT2D eigenvalue weighted by atomic mass is 32.1. The van der Waals surface area contributed by atoms with E-state index in [0.29, 0.717) is 24.1 Å². The van der Waals surface area contributed by atoms with Crippen LogP contribution in [0.4, 0.5) is 22.7 Å². The number of halogens is 4. The van der Waals surface area contributed by atoms with Crippen molar-refractivity contribution in [1.82, 2.24) is 4.98 Å². The molecule has 32 heavy (non-hydrogen) atoms. The van der Waals surface area contributed by atoms with Gasteiger partial charge in [0.15, 0.2) is 5.13 Å². The number of benzene rings is 1. The number of amides is 1. The van der Waals surface area contributed by atoms with Crippen molar-refractivity contribution in [3.05, 3.63) is 46.2 Å². The summed E-state index contributed by atoms with van der Waals surface area (Å²) in [5.74, 6) is -3.83. The Bertz CT molecular complexity index is 959. The number of carbonyl (C=O) groups excluding carboxylic acids is 2. The zero-order chi connectivity index (χ0) is 23.5. The molecule has 2 unspecified atom stereocenters. The lowest BCUT2D eigenvalue weighted by atomic mass is 9.80. The Balaban J connectivity index is 1.92. The number of anilines is 1. The van der Waals surface area contributed by atoms with Gasteiger partial charge in [-0.1, -0.05) is 29.9 Å². The van der Waals surface area contributed by atoms with Crippen LogP contribution in [0.1, 0.15) is 53.5 Å². The van der Waals surface area contributed by atoms with E-state index in [0.717, 1.165) is 11.3 Å². The molecule has 1 amide bonds. The molecule has 1 aliphatic carbocycles. The van der Waals surface area contributed by atoms with E-state index in [1.165, 1.54) is 29.2 Å². The summed E-state index contributed by atoms with van der Waals surface area (Å²) in [4.78, 5) is 31.5. The number of esters is 1. The van der Waals surface area contributed by atoms with Crippen LogP contribution in [-0.2, 0) is 16.1 Å². The number of ether oxygens (including phenoxy) is 1. The Morgan fingerprint density at radius 2 is 1.91 bits per heavy atom. The number of aryl methyl sites for hydroxylation is 1. The molecule has 1 aromatic heterocycles. The van der Waals surface area contributed by atoms with Gasteiger partial charge in [0.2, 0.25) is 5.91 Å². The van der Waals surface area contributed by atoms with Gasteiger partial charge in [0.05, 0.1) is 24.8 Å². The highest BCUT2D eigenvalue weighted by molar-refractivity contribution is 7.17. The number of thiazole rings is 1. The topological polar surface area (TPSA) is 59.5 Å². The van der Waals surface area contributed by atoms with Crippen molar-refractivity contribution < 1.29 is 31.9 Å². The molecule has 3 rings (SSSR count). The van der Waals surface area contributed by atoms with Crippen molar-refractivity contribution in [3.63, 3.8) is 0 Å². The second-order valence-corrected chi connectivity index (χ2v) is 8.76. The van der Waals surface area contributed by atoms with Gasteiger partial charge in [0, 0.05) is 5.92 Å². The van der Waals surface area contributed by atoms with Gasteiger partial charge in [-0.2, -0.15) is 13.2 Å². The van der Waals surface area contributed by atoms with Crippen LogP contribution in [0.25, 0.3) is 0 Å². The monoisotopic (exact) mass is 472 g/mol. The van der Waals surface area contributed by atoms with Crippen LogP contribution in [0.15, 0.2) is 24.3 Å². The van der Waals surface area contributed by atoms with Gasteiger partial charge in [-0.3, -0.25) is 9.69 Å². The van der Waals surface area contributed by atoms with Gasteiger partial charge in [-0.25, -0.2) is 14.2 Å². The van der Waals surface area contributed by atoms with Crippen molar-refractivity contribution in [2.24, 2.45) is 11.8 Å². The van der Waals surface area contributed by atoms with Gasteiger partial charge >= 0.3 is 12.1 Å². The van der Waals surface area contributed by atoms with E-state index < -0.39 is 35.7 Å². The summed E-state index contributed by atoms with van der Waals surface area (Å²) >= 11 is 0.960. The van der Waals surface area contributed by atoms with E-state index in [9.17, 15) is 27.2 Å². The van der Waals surface area contributed by atoms with Crippen molar-refractivity contribution >= 4 is 28.3 Å². The molecule has 0 bridgehead atoms. The van der Waals surface area contributed by atoms with Crippen LogP contribution in [0.5, 0.6) is 0 Å². The summed E-state index contributed by atoms with van der Waals surface area (Å²) in [7, 11) is 0. The predicted molar refractivity (Wildman–Crippen MR) is 112 cm³/mol. The zero-order valence-electron chi connectivity index (χ0n) is 17.7. The van der Waals surface area contributed by atoms with Gasteiger partial charge in [0.25, 0.3) is 0 Å². The Labute approximate surface area is 187 Å². The van der Waals surface area contributed by atoms with E-state index in [4.69, 9.17) is 4.74 Å². The van der Waals surface area contributed by atoms with E-state index in [-0.39, 0.29) is 36.0 Å². The molecule has 2 aromatic rings. The van der Waals surface area contributed by atoms with Crippen molar-refractivity contribution in [3.8, 4) is 0 Å². The fourth-order valence-electron chi connectivity index (χ4n) is 3.83. The molecule has 5 nitrogen and oxygen atoms in total. The van der Waals surface area contributed by atoms with E-state index in [1.807, 2.05) is 0 Å². The smallest absolute Gasteiger partial charge is 0.391 e. The van der Waals surface area contributed by atoms with Gasteiger partial charge in [0.1, 0.15) is 10.7 Å². The fourth-order valence-corrected chi connectivity index (χ4v) is 4.79. The molecule has 0 N–H and O–H groups in total. The van der Waals surface area contributed by atoms with Crippen LogP contribution < -0.4 is 4.90 Å². The maximum atomic E-state index is 13.4. The predicted octanol–water partition coefficient (Wildman–Crippen LogP) is 5.67. The van der Waals surface area contributed by atoms with Crippen LogP contribution in [0.3, 0.4) is 0 Å². The summed E-state index contributed by atoms with van der Waals surface area (Å²) in [6, 6.07) is 5.49. The van der Waals surface area contributed by atoms with Crippen molar-refractivity contribution in [1.29, 1.82) is 0 Å². The minimum Gasteiger partial charge on any atom is -0.462 e. The largest absolute Gasteiger partial charge is 0.462 e. The van der Waals surface area contributed by atoms with Gasteiger partial charge in [-0.15, -0.1) is 0 Å². The zero-order valence-corrected chi connectivity index (χ0v) is 18.6. The van der Waals surface area contributed by atoms with Crippen LogP contribution >= 0.6 is 11.3 Å². The number of alkyl halides is 3. The maximum Gasteiger partial charge on any atom is 0.391 e. The molecule has 0 aliphatic heterocycles. The summed E-state index contributed by atoms with van der Waals surface area (Å²) in [5, 5.41) is 0.203. The van der Waals surface area contributed by atoms with Gasteiger partial charge < -0.3 is 4.74 Å². The number of rotatable bonds is 6. The first-order valence-corrected chi connectivity index (χ1v) is 11.2. The third kappa shape index (κ3) is 5.65. The van der Waals surface area contributed by atoms with Crippen LogP contribution in [0.2, 0.25) is 0 Å². The quantitative estimate of drug-likeness (QED) is 0.402. The van der Waals surface area contributed by atoms with E-state index in [1.54, 1.807) is 13.8 Å². The first-order chi connectivity index (χ1) is 15.1. The first-order valence-electron chi connectivity index (χ1n) is 10.4. The third-order valence-electron chi connectivity index (χ3n) is 5.48. The lowest BCUT2D eigenvalue weighted by Crippen LogP contribution is -2.40. The van der Waals surface area contributed by atoms with E-state index >= 15 is 0 Å². The summed E-state index contributed by atoms with van der Waals surface area (Å²) in [6.45, 7) is 3.44. The number of carbonyl (C=O) groups is 2. The minimum absolute atomic E-state index is 0.00150. The molecule has 0 radical (unpaired) electrons. The fraction of sp³-hybridized carbons (Fsp3) is 0.500. The molecule has 1 saturated carbocycles. The first kappa shape index (κ1) is 24.2. The third-order valence-corrected chi connectivity index (χ3v) is 6.64. The SMILES string of the molecule is CCOC(=O)c1sc(N(Cc2ccc(F)cc2)C(=O)C2CCCC(C(F)(F)F)C2)nc1C. The average molecular weight is 473 g/mol. The molecule has 1 aromatic carbocycles. The number of nitrogens with zero attached hydrogens (tertiary/aromatic N) is 2. The number of hydrogen-bond acceptors (Lipinski definition) is 5. The van der Waals surface area contributed by atoms with E-state index in [2.05, 4.69) is 4.98 Å². The second-order valence-electron chi connectivity index (χ2n) is 7.78. The van der Waals surface area contributed by atoms with Crippen molar-refractivity contribution in [2.75, 3.05) is 11.5 Å². The van der Waals surface area contributed by atoms with Crippen LogP contribution in [-0.4, -0.2) is 29.6 Å². The van der Waals surface area contributed by atoms with Crippen LogP contribution in [0, 0.1) is 24.6 Å². The molecule has 1 heterocycles. The Morgan fingerprint density at radius 3 is 2.53 bits per heavy atom. The highest BCUT2D eigenvalue weighted by Gasteiger charge is 2.44. The number of aromatic nitrogens is 1. The highest BCUT2D eigenvalue weighted by Crippen LogP contribution is 2.41. The maximum absolute atomic E-state index is 13.4. The normalized spacial score (nSPS) is 18.9. The molecular formula is C22H24F4N2O3S. The average Bonchev–Trinajstić information content (AvgIpc) is 3.14. The molecular weight excluding hydrogens is 448 g/mol. The number of hydrogen-bond donors (Lipinski definition) is 0.